The van der Waals surface area contributed by atoms with Crippen LogP contribution in [0.4, 0.5) is 0 Å². The molecule has 0 saturated heterocycles. The average Bonchev–Trinajstić information content (AvgIpc) is 3.01. The van der Waals surface area contributed by atoms with Crippen LogP contribution >= 0.6 is 0 Å². The van der Waals surface area contributed by atoms with Gasteiger partial charge in [0.1, 0.15) is 11.6 Å². The van der Waals surface area contributed by atoms with E-state index in [9.17, 15) is 19.8 Å². The van der Waals surface area contributed by atoms with Crippen LogP contribution in [0.25, 0.3) is 0 Å². The van der Waals surface area contributed by atoms with Crippen molar-refractivity contribution < 1.29 is 19.8 Å². The molecule has 0 saturated carbocycles. The number of phenols is 1. The van der Waals surface area contributed by atoms with E-state index in [0.29, 0.717) is 28.8 Å². The third kappa shape index (κ3) is 5.83. The summed E-state index contributed by atoms with van der Waals surface area (Å²) >= 11 is 0. The van der Waals surface area contributed by atoms with Crippen molar-refractivity contribution in [3.05, 3.63) is 63.7 Å². The largest absolute Gasteiger partial charge is 0.507 e. The molecule has 2 aromatic carbocycles. The first kappa shape index (κ1) is 27.1. The van der Waals surface area contributed by atoms with Crippen molar-refractivity contribution in [1.82, 2.24) is 10.2 Å². The quantitative estimate of drug-likeness (QED) is 0.491. The number of hydrogen-bond acceptors (Lipinski definition) is 5. The van der Waals surface area contributed by atoms with Crippen molar-refractivity contribution in [3.8, 4) is 5.75 Å². The highest BCUT2D eigenvalue weighted by Crippen LogP contribution is 2.40. The van der Waals surface area contributed by atoms with E-state index >= 15 is 0 Å². The summed E-state index contributed by atoms with van der Waals surface area (Å²) in [5.41, 5.74) is 2.75. The fourth-order valence-corrected chi connectivity index (χ4v) is 3.86. The normalized spacial score (nSPS) is 13.3. The van der Waals surface area contributed by atoms with Crippen molar-refractivity contribution in [3.63, 3.8) is 0 Å². The Morgan fingerprint density at radius 1 is 0.971 bits per heavy atom. The van der Waals surface area contributed by atoms with Crippen molar-refractivity contribution >= 4 is 17.6 Å². The van der Waals surface area contributed by atoms with Crippen LogP contribution in [0.2, 0.25) is 0 Å². The molecule has 4 N–H and O–H groups in total. The zero-order valence-corrected chi connectivity index (χ0v) is 21.5. The Labute approximate surface area is 202 Å². The Morgan fingerprint density at radius 3 is 1.91 bits per heavy atom. The van der Waals surface area contributed by atoms with E-state index in [0.717, 1.165) is 5.56 Å². The third-order valence-electron chi connectivity index (χ3n) is 5.67. The SMILES string of the molecule is CC(C)(C)c1cc(C(=O)CN2Cc3ccc(C(=O)O)cc3C2=N)cc(C(C)(C)C)c1O.CNC. The summed E-state index contributed by atoms with van der Waals surface area (Å²) in [6.07, 6.45) is 0. The molecule has 0 amide bonds. The Kier molecular flexibility index (Phi) is 7.94. The second-order valence-corrected chi connectivity index (χ2v) is 10.7. The van der Waals surface area contributed by atoms with Crippen LogP contribution in [-0.4, -0.2) is 53.3 Å². The maximum Gasteiger partial charge on any atom is 0.335 e. The molecule has 184 valence electrons. The lowest BCUT2D eigenvalue weighted by Gasteiger charge is -2.28. The van der Waals surface area contributed by atoms with Gasteiger partial charge in [-0.1, -0.05) is 47.6 Å². The number of nitrogens with one attached hydrogen (secondary N) is 2. The van der Waals surface area contributed by atoms with Gasteiger partial charge in [0, 0.05) is 28.8 Å². The first-order valence-corrected chi connectivity index (χ1v) is 11.3. The summed E-state index contributed by atoms with van der Waals surface area (Å²) in [5.74, 6) is -0.818. The van der Waals surface area contributed by atoms with Crippen LogP contribution in [0.1, 0.15) is 84.5 Å². The Bertz CT molecular complexity index is 1070. The summed E-state index contributed by atoms with van der Waals surface area (Å²) < 4.78 is 0. The zero-order chi connectivity index (χ0) is 26.0. The Hall–Kier alpha value is -3.19. The number of rotatable bonds is 4. The summed E-state index contributed by atoms with van der Waals surface area (Å²) in [4.78, 5) is 26.1. The summed E-state index contributed by atoms with van der Waals surface area (Å²) in [5, 5.41) is 31.3. The number of aromatic hydroxyl groups is 1. The fourth-order valence-electron chi connectivity index (χ4n) is 3.86. The van der Waals surface area contributed by atoms with Gasteiger partial charge in [-0.05, 0) is 54.8 Å². The average molecular weight is 468 g/mol. The van der Waals surface area contributed by atoms with Gasteiger partial charge >= 0.3 is 5.97 Å². The predicted octanol–water partition coefficient (Wildman–Crippen LogP) is 4.54. The number of carbonyl (C=O) groups excluding carboxylic acids is 1. The van der Waals surface area contributed by atoms with Gasteiger partial charge in [-0.2, -0.15) is 0 Å². The van der Waals surface area contributed by atoms with E-state index in [1.165, 1.54) is 12.1 Å². The van der Waals surface area contributed by atoms with Crippen LogP contribution in [-0.2, 0) is 17.4 Å². The minimum atomic E-state index is -1.04. The second kappa shape index (κ2) is 9.97. The molecule has 7 nitrogen and oxygen atoms in total. The van der Waals surface area contributed by atoms with E-state index < -0.39 is 5.97 Å². The maximum atomic E-state index is 13.2. The molecule has 0 radical (unpaired) electrons. The van der Waals surface area contributed by atoms with E-state index in [1.54, 1.807) is 23.1 Å². The number of fused-ring (bicyclic) bond motifs is 1. The molecular formula is C27H37N3O4. The monoisotopic (exact) mass is 467 g/mol. The lowest BCUT2D eigenvalue weighted by molar-refractivity contribution is 0.0696. The molecule has 7 heteroatoms. The minimum absolute atomic E-state index is 0.00780. The highest BCUT2D eigenvalue weighted by Gasteiger charge is 2.30. The maximum absolute atomic E-state index is 13.2. The third-order valence-corrected chi connectivity index (χ3v) is 5.67. The molecular weight excluding hydrogens is 430 g/mol. The number of carbonyl (C=O) groups is 2. The van der Waals surface area contributed by atoms with Crippen LogP contribution < -0.4 is 5.32 Å². The van der Waals surface area contributed by atoms with Crippen molar-refractivity contribution in [2.75, 3.05) is 20.6 Å². The van der Waals surface area contributed by atoms with Gasteiger partial charge < -0.3 is 20.4 Å². The smallest absolute Gasteiger partial charge is 0.335 e. The molecule has 0 bridgehead atoms. The van der Waals surface area contributed by atoms with Gasteiger partial charge in [-0.15, -0.1) is 0 Å². The molecule has 34 heavy (non-hydrogen) atoms. The van der Waals surface area contributed by atoms with Gasteiger partial charge in [-0.3, -0.25) is 10.2 Å². The number of ketones is 1. The molecule has 1 aliphatic heterocycles. The number of nitrogens with zero attached hydrogens (tertiary/aromatic N) is 1. The lowest BCUT2D eigenvalue weighted by Crippen LogP contribution is -2.30. The van der Waals surface area contributed by atoms with Crippen LogP contribution in [0.5, 0.6) is 5.75 Å². The topological polar surface area (TPSA) is 114 Å². The predicted molar refractivity (Wildman–Crippen MR) is 135 cm³/mol. The molecule has 0 fully saturated rings. The van der Waals surface area contributed by atoms with Crippen LogP contribution in [0, 0.1) is 5.41 Å². The molecule has 0 spiro atoms. The summed E-state index contributed by atoms with van der Waals surface area (Å²) in [6, 6.07) is 8.21. The summed E-state index contributed by atoms with van der Waals surface area (Å²) in [6.45, 7) is 12.4. The van der Waals surface area contributed by atoms with Gasteiger partial charge in [0.15, 0.2) is 5.78 Å². The molecule has 2 aromatic rings. The zero-order valence-electron chi connectivity index (χ0n) is 21.5. The summed E-state index contributed by atoms with van der Waals surface area (Å²) in [7, 11) is 3.75. The first-order chi connectivity index (χ1) is 15.6. The molecule has 1 aliphatic rings. The number of aromatic carboxylic acids is 1. The minimum Gasteiger partial charge on any atom is -0.507 e. The van der Waals surface area contributed by atoms with Crippen LogP contribution in [0.15, 0.2) is 30.3 Å². The van der Waals surface area contributed by atoms with Crippen molar-refractivity contribution in [2.45, 2.75) is 58.9 Å². The fraction of sp³-hybridized carbons (Fsp3) is 0.444. The number of benzene rings is 2. The number of hydrogen-bond donors (Lipinski definition) is 4. The van der Waals surface area contributed by atoms with Gasteiger partial charge in [0.2, 0.25) is 0 Å². The highest BCUT2D eigenvalue weighted by molar-refractivity contribution is 6.06. The highest BCUT2D eigenvalue weighted by atomic mass is 16.4. The molecule has 0 aromatic heterocycles. The first-order valence-electron chi connectivity index (χ1n) is 11.3. The van der Waals surface area contributed by atoms with E-state index in [4.69, 9.17) is 5.41 Å². The van der Waals surface area contributed by atoms with Gasteiger partial charge in [-0.25, -0.2) is 4.79 Å². The van der Waals surface area contributed by atoms with Crippen molar-refractivity contribution in [1.29, 1.82) is 5.41 Å². The van der Waals surface area contributed by atoms with E-state index in [-0.39, 0.29) is 40.3 Å². The Balaban J connectivity index is 0.00000129. The molecule has 0 unspecified atom stereocenters. The molecule has 0 aliphatic carbocycles. The van der Waals surface area contributed by atoms with Gasteiger partial charge in [0.25, 0.3) is 0 Å². The number of amidine groups is 1. The molecule has 1 heterocycles. The second-order valence-electron chi connectivity index (χ2n) is 10.7. The molecule has 0 atom stereocenters. The van der Waals surface area contributed by atoms with E-state index in [2.05, 4.69) is 5.32 Å². The Morgan fingerprint density at radius 2 is 1.47 bits per heavy atom. The van der Waals surface area contributed by atoms with Crippen LogP contribution in [0.3, 0.4) is 0 Å². The number of carboxylic acid groups (broad SMARTS) is 1. The lowest BCUT2D eigenvalue weighted by atomic mass is 9.78. The van der Waals surface area contributed by atoms with Gasteiger partial charge in [0.05, 0.1) is 12.1 Å². The van der Waals surface area contributed by atoms with Crippen molar-refractivity contribution in [2.24, 2.45) is 0 Å². The number of phenolic OH excluding ortho intramolecular Hbond substituents is 1. The molecule has 3 rings (SSSR count). The standard InChI is InChI=1S/C25H30N2O4.C2H7N/c1-24(2,3)18-10-16(11-19(21(18)29)25(4,5)6)20(28)13-27-12-15-8-7-14(23(30)31)9-17(15)22(27)26;1-3-2/h7-11,26,29H,12-13H2,1-6H3,(H,30,31);3H,1-2H3. The number of Topliss-reactive ketones (excluding diaryl/α,β-unsaturated/α-hetero) is 1. The van der Waals surface area contributed by atoms with E-state index in [1.807, 2.05) is 55.6 Å². The number of carboxylic acids is 1.